The average Bonchev–Trinajstić information content (AvgIpc) is 2.56. The predicted molar refractivity (Wildman–Crippen MR) is 84.1 cm³/mol. The first-order chi connectivity index (χ1) is 10.7. The van der Waals surface area contributed by atoms with Gasteiger partial charge >= 0.3 is 0 Å². The molecule has 0 atom stereocenters. The summed E-state index contributed by atoms with van der Waals surface area (Å²) >= 11 is 0. The number of nitrogens with one attached hydrogen (secondary N) is 1. The monoisotopic (exact) mass is 284 g/mol. The topological polar surface area (TPSA) is 83.4 Å². The van der Waals surface area contributed by atoms with Gasteiger partial charge in [-0.15, -0.1) is 0 Å². The maximum Gasteiger partial charge on any atom is 0.163 e. The third-order valence-corrected chi connectivity index (χ3v) is 3.13. The van der Waals surface area contributed by atoms with Crippen LogP contribution in [-0.4, -0.2) is 0 Å². The van der Waals surface area contributed by atoms with Crippen LogP contribution in [0.4, 0.5) is 5.69 Å². The molecule has 4 heteroatoms. The number of para-hydroxylation sites is 1. The summed E-state index contributed by atoms with van der Waals surface area (Å²) in [5.74, 6) is 0. The Labute approximate surface area is 129 Å². The molecule has 0 aliphatic rings. The van der Waals surface area contributed by atoms with Gasteiger partial charge in [0.2, 0.25) is 0 Å². The van der Waals surface area contributed by atoms with E-state index in [0.717, 1.165) is 16.7 Å². The van der Waals surface area contributed by atoms with E-state index in [9.17, 15) is 0 Å². The summed E-state index contributed by atoms with van der Waals surface area (Å²) in [5, 5.41) is 29.8. The number of benzene rings is 2. The van der Waals surface area contributed by atoms with E-state index in [1.807, 2.05) is 55.5 Å². The van der Waals surface area contributed by atoms with Gasteiger partial charge in [-0.25, -0.2) is 0 Å². The van der Waals surface area contributed by atoms with Gasteiger partial charge in [-0.1, -0.05) is 48.0 Å². The normalized spacial score (nSPS) is 9.00. The lowest BCUT2D eigenvalue weighted by atomic mass is 10.0. The van der Waals surface area contributed by atoms with Gasteiger partial charge in [0.1, 0.15) is 23.9 Å². The van der Waals surface area contributed by atoms with Crippen LogP contribution < -0.4 is 5.32 Å². The van der Waals surface area contributed by atoms with E-state index in [2.05, 4.69) is 5.32 Å². The fourth-order valence-electron chi connectivity index (χ4n) is 1.99. The van der Waals surface area contributed by atoms with Crippen molar-refractivity contribution in [2.45, 2.75) is 6.92 Å². The molecule has 0 bridgehead atoms. The highest BCUT2D eigenvalue weighted by molar-refractivity contribution is 5.80. The number of rotatable bonds is 3. The van der Waals surface area contributed by atoms with E-state index in [-0.39, 0.29) is 11.3 Å². The molecular formula is C18H12N4. The van der Waals surface area contributed by atoms with Gasteiger partial charge in [0, 0.05) is 11.3 Å². The minimum atomic E-state index is -0.235. The van der Waals surface area contributed by atoms with Crippen molar-refractivity contribution in [2.24, 2.45) is 0 Å². The third-order valence-electron chi connectivity index (χ3n) is 3.13. The molecule has 104 valence electrons. The molecule has 0 saturated carbocycles. The van der Waals surface area contributed by atoms with E-state index < -0.39 is 0 Å². The van der Waals surface area contributed by atoms with E-state index >= 15 is 0 Å². The quantitative estimate of drug-likeness (QED) is 0.866. The molecule has 0 radical (unpaired) electrons. The summed E-state index contributed by atoms with van der Waals surface area (Å²) in [5.41, 5.74) is 3.42. The van der Waals surface area contributed by atoms with Crippen molar-refractivity contribution in [2.75, 3.05) is 5.32 Å². The van der Waals surface area contributed by atoms with Gasteiger partial charge in [-0.3, -0.25) is 0 Å². The number of anilines is 1. The number of hydrogen-bond donors (Lipinski definition) is 1. The lowest BCUT2D eigenvalue weighted by Crippen LogP contribution is -2.02. The number of nitriles is 3. The molecule has 0 saturated heterocycles. The van der Waals surface area contributed by atoms with Crippen LogP contribution >= 0.6 is 0 Å². The fraction of sp³-hybridized carbons (Fsp3) is 0.0556. The Kier molecular flexibility index (Phi) is 4.56. The minimum Gasteiger partial charge on any atom is -0.345 e. The van der Waals surface area contributed by atoms with Crippen LogP contribution in [-0.2, 0) is 0 Å². The molecule has 4 nitrogen and oxygen atoms in total. The summed E-state index contributed by atoms with van der Waals surface area (Å²) < 4.78 is 0. The van der Waals surface area contributed by atoms with E-state index in [0.29, 0.717) is 5.69 Å². The fourth-order valence-corrected chi connectivity index (χ4v) is 1.99. The van der Waals surface area contributed by atoms with Crippen LogP contribution in [0, 0.1) is 40.9 Å². The van der Waals surface area contributed by atoms with Crippen LogP contribution in [0.1, 0.15) is 5.56 Å². The number of nitrogens with zero attached hydrogens (tertiary/aromatic N) is 3. The molecule has 0 amide bonds. The molecule has 0 aromatic heterocycles. The smallest absolute Gasteiger partial charge is 0.163 e. The second-order valence-electron chi connectivity index (χ2n) is 4.62. The lowest BCUT2D eigenvalue weighted by molar-refractivity contribution is 1.37. The highest BCUT2D eigenvalue weighted by atomic mass is 14.9. The molecule has 1 N–H and O–H groups in total. The Bertz CT molecular complexity index is 824. The Hall–Kier alpha value is -3.55. The Balaban J connectivity index is 2.49. The molecule has 0 heterocycles. The van der Waals surface area contributed by atoms with Gasteiger partial charge in [0.05, 0.1) is 0 Å². The van der Waals surface area contributed by atoms with Gasteiger partial charge in [-0.2, -0.15) is 15.8 Å². The van der Waals surface area contributed by atoms with Crippen molar-refractivity contribution in [1.82, 2.24) is 0 Å². The summed E-state index contributed by atoms with van der Waals surface area (Å²) in [6.07, 6.45) is 0. The second kappa shape index (κ2) is 6.75. The van der Waals surface area contributed by atoms with Gasteiger partial charge in [0.15, 0.2) is 5.57 Å². The van der Waals surface area contributed by atoms with Gasteiger partial charge in [0.25, 0.3) is 0 Å². The molecule has 22 heavy (non-hydrogen) atoms. The predicted octanol–water partition coefficient (Wildman–Crippen LogP) is 3.90. The molecule has 2 aromatic carbocycles. The molecule has 0 spiro atoms. The largest absolute Gasteiger partial charge is 0.345 e. The molecule has 0 aliphatic heterocycles. The van der Waals surface area contributed by atoms with Crippen molar-refractivity contribution in [3.8, 4) is 29.3 Å². The van der Waals surface area contributed by atoms with Crippen molar-refractivity contribution >= 4 is 5.69 Å². The van der Waals surface area contributed by atoms with Crippen LogP contribution in [0.25, 0.3) is 11.1 Å². The Morgan fingerprint density at radius 3 is 2.09 bits per heavy atom. The highest BCUT2D eigenvalue weighted by Crippen LogP contribution is 2.29. The second-order valence-corrected chi connectivity index (χ2v) is 4.62. The Morgan fingerprint density at radius 1 is 0.864 bits per heavy atom. The lowest BCUT2D eigenvalue weighted by Gasteiger charge is -2.11. The summed E-state index contributed by atoms with van der Waals surface area (Å²) in [6.45, 7) is 2.01. The first-order valence-electron chi connectivity index (χ1n) is 6.57. The van der Waals surface area contributed by atoms with Crippen LogP contribution in [0.2, 0.25) is 0 Å². The van der Waals surface area contributed by atoms with Crippen LogP contribution in [0.15, 0.2) is 59.8 Å². The van der Waals surface area contributed by atoms with Crippen molar-refractivity contribution in [1.29, 1.82) is 15.8 Å². The van der Waals surface area contributed by atoms with E-state index in [1.54, 1.807) is 18.2 Å². The summed E-state index contributed by atoms with van der Waals surface area (Å²) in [7, 11) is 0. The maximum absolute atomic E-state index is 9.15. The van der Waals surface area contributed by atoms with Crippen LogP contribution in [0.3, 0.4) is 0 Å². The SMILES string of the molecule is Cc1ccc(-c2ccccc2NC(C#N)=C(C#N)C#N)cc1. The molecule has 2 rings (SSSR count). The van der Waals surface area contributed by atoms with Crippen molar-refractivity contribution in [3.63, 3.8) is 0 Å². The molecule has 2 aromatic rings. The van der Waals surface area contributed by atoms with E-state index in [1.165, 1.54) is 0 Å². The number of hydrogen-bond acceptors (Lipinski definition) is 4. The average molecular weight is 284 g/mol. The Morgan fingerprint density at radius 2 is 1.50 bits per heavy atom. The zero-order valence-electron chi connectivity index (χ0n) is 12.0. The first kappa shape index (κ1) is 14.9. The molecule has 0 fully saturated rings. The highest BCUT2D eigenvalue weighted by Gasteiger charge is 2.10. The van der Waals surface area contributed by atoms with Crippen molar-refractivity contribution < 1.29 is 0 Å². The van der Waals surface area contributed by atoms with Gasteiger partial charge < -0.3 is 5.32 Å². The molecule has 0 unspecified atom stereocenters. The maximum atomic E-state index is 9.15. The molecular weight excluding hydrogens is 272 g/mol. The summed E-state index contributed by atoms with van der Waals surface area (Å²) in [4.78, 5) is 0. The van der Waals surface area contributed by atoms with Crippen molar-refractivity contribution in [3.05, 3.63) is 65.4 Å². The first-order valence-corrected chi connectivity index (χ1v) is 6.57. The standard InChI is InChI=1S/C18H12N4/c1-13-6-8-14(9-7-13)16-4-2-3-5-17(16)22-18(12-21)15(10-19)11-20/h2-9,22H,1H3. The summed E-state index contributed by atoms with van der Waals surface area (Å²) in [6, 6.07) is 20.7. The number of allylic oxidation sites excluding steroid dienone is 2. The van der Waals surface area contributed by atoms with Gasteiger partial charge in [-0.05, 0) is 18.6 Å². The zero-order valence-corrected chi connectivity index (χ0v) is 12.0. The minimum absolute atomic E-state index is 0.0513. The zero-order chi connectivity index (χ0) is 15.9. The third kappa shape index (κ3) is 3.12. The molecule has 0 aliphatic carbocycles. The number of aryl methyl sites for hydroxylation is 1. The van der Waals surface area contributed by atoms with Crippen LogP contribution in [0.5, 0.6) is 0 Å². The van der Waals surface area contributed by atoms with E-state index in [4.69, 9.17) is 15.8 Å².